The van der Waals surface area contributed by atoms with E-state index in [0.717, 1.165) is 55.7 Å². The number of hydrogen-bond donors (Lipinski definition) is 0. The molecule has 0 aliphatic carbocycles. The average Bonchev–Trinajstić information content (AvgIpc) is 3.97. The van der Waals surface area contributed by atoms with Crippen LogP contribution in [0.2, 0.25) is 0 Å². The van der Waals surface area contributed by atoms with E-state index >= 15 is 0 Å². The second-order valence-electron chi connectivity index (χ2n) is 20.1. The second kappa shape index (κ2) is 19.4. The van der Waals surface area contributed by atoms with Gasteiger partial charge in [-0.2, -0.15) is 6.07 Å². The van der Waals surface area contributed by atoms with Crippen molar-refractivity contribution in [2.45, 2.75) is 85.5 Å². The van der Waals surface area contributed by atoms with Crippen LogP contribution in [0, 0.1) is 18.8 Å². The first-order valence-corrected chi connectivity index (χ1v) is 24.0. The molecule has 1 aliphatic heterocycles. The largest absolute Gasteiger partial charge is 0.509 e. The summed E-state index contributed by atoms with van der Waals surface area (Å²) in [4.78, 5) is 9.26. The molecular weight excluding hydrogens is 1020 g/mol. The van der Waals surface area contributed by atoms with Gasteiger partial charge in [0.2, 0.25) is 0 Å². The van der Waals surface area contributed by atoms with Gasteiger partial charge in [-0.3, -0.25) is 0 Å². The molecule has 0 fully saturated rings. The van der Waals surface area contributed by atoms with Crippen molar-refractivity contribution in [3.8, 4) is 50.7 Å². The molecule has 6 heteroatoms. The molecule has 0 radical (unpaired) electrons. The van der Waals surface area contributed by atoms with Gasteiger partial charge in [-0.1, -0.05) is 159 Å². The van der Waals surface area contributed by atoms with Gasteiger partial charge in [0.15, 0.2) is 0 Å². The van der Waals surface area contributed by atoms with Crippen LogP contribution in [0.1, 0.15) is 102 Å². The molecule has 0 atom stereocenters. The summed E-state index contributed by atoms with van der Waals surface area (Å²) >= 11 is 0. The molecule has 0 spiro atoms. The van der Waals surface area contributed by atoms with Gasteiger partial charge in [0.25, 0.3) is 0 Å². The van der Waals surface area contributed by atoms with E-state index in [1.54, 1.807) is 0 Å². The van der Waals surface area contributed by atoms with E-state index in [1.165, 1.54) is 38.9 Å². The number of hydrogen-bond acceptors (Lipinski definition) is 4. The molecular formula is C63H59N4OPt-3. The average molecular weight is 1080 g/mol. The van der Waals surface area contributed by atoms with Crippen molar-refractivity contribution in [3.05, 3.63) is 211 Å². The summed E-state index contributed by atoms with van der Waals surface area (Å²) in [6, 6.07) is 61.7. The minimum absolute atomic E-state index is 0. The number of fused-ring (bicyclic) bond motifs is 3. The number of aromatic nitrogens is 2. The van der Waals surface area contributed by atoms with Crippen molar-refractivity contribution in [1.82, 2.24) is 9.55 Å². The van der Waals surface area contributed by atoms with E-state index in [9.17, 15) is 0 Å². The summed E-state index contributed by atoms with van der Waals surface area (Å²) in [7, 11) is 0. The van der Waals surface area contributed by atoms with Crippen LogP contribution in [-0.2, 0) is 26.5 Å². The predicted octanol–water partition coefficient (Wildman–Crippen LogP) is 17.2. The fraction of sp³-hybridized carbons (Fsp3) is 0.206. The first kappa shape index (κ1) is 47.4. The van der Waals surface area contributed by atoms with Gasteiger partial charge in [-0.15, -0.1) is 53.6 Å². The van der Waals surface area contributed by atoms with Crippen LogP contribution in [0.4, 0.5) is 11.4 Å². The number of nitrogens with zero attached hydrogens (tertiary/aromatic N) is 4. The van der Waals surface area contributed by atoms with Crippen molar-refractivity contribution >= 4 is 33.2 Å². The Balaban J connectivity index is 0.00000593. The zero-order chi connectivity index (χ0) is 47.3. The van der Waals surface area contributed by atoms with Crippen LogP contribution >= 0.6 is 0 Å². The molecule has 0 N–H and O–H groups in total. The Bertz CT molecular complexity index is 3240. The first-order chi connectivity index (χ1) is 32.8. The molecule has 0 amide bonds. The van der Waals surface area contributed by atoms with Gasteiger partial charge in [0.1, 0.15) is 5.82 Å². The summed E-state index contributed by atoms with van der Waals surface area (Å²) in [5.74, 6) is 3.06. The molecule has 10 rings (SSSR count). The Morgan fingerprint density at radius 3 is 1.80 bits per heavy atom. The van der Waals surface area contributed by atoms with Gasteiger partial charge < -0.3 is 19.1 Å². The fourth-order valence-electron chi connectivity index (χ4n) is 9.46. The summed E-state index contributed by atoms with van der Waals surface area (Å²) in [5, 5.41) is 2.23. The van der Waals surface area contributed by atoms with Gasteiger partial charge >= 0.3 is 0 Å². The van der Waals surface area contributed by atoms with E-state index in [2.05, 4.69) is 253 Å². The minimum atomic E-state index is -0.0384. The maximum atomic E-state index is 6.99. The number of pyridine rings is 1. The Labute approximate surface area is 423 Å². The van der Waals surface area contributed by atoms with Gasteiger partial charge in [0.05, 0.1) is 0 Å². The van der Waals surface area contributed by atoms with Crippen molar-refractivity contribution in [1.29, 1.82) is 0 Å². The molecule has 69 heavy (non-hydrogen) atoms. The third kappa shape index (κ3) is 9.55. The van der Waals surface area contributed by atoms with E-state index in [0.29, 0.717) is 29.3 Å². The molecule has 350 valence electrons. The fourth-order valence-corrected chi connectivity index (χ4v) is 9.46. The van der Waals surface area contributed by atoms with Crippen LogP contribution in [0.5, 0.6) is 11.5 Å². The normalized spacial score (nSPS) is 12.8. The quantitative estimate of drug-likeness (QED) is 0.121. The summed E-state index contributed by atoms with van der Waals surface area (Å²) < 4.78 is 9.21. The van der Waals surface area contributed by atoms with Crippen LogP contribution < -0.4 is 14.5 Å². The molecule has 5 nitrogen and oxygen atoms in total. The molecule has 9 aromatic rings. The minimum Gasteiger partial charge on any atom is -0.509 e. The van der Waals surface area contributed by atoms with E-state index < -0.39 is 0 Å². The smallest absolute Gasteiger partial charge is 0.135 e. The maximum absolute atomic E-state index is 6.99. The van der Waals surface area contributed by atoms with Crippen molar-refractivity contribution in [2.24, 2.45) is 0 Å². The first-order valence-electron chi connectivity index (χ1n) is 24.0. The third-order valence-electron chi connectivity index (χ3n) is 13.2. The second-order valence-corrected chi connectivity index (χ2v) is 20.1. The maximum Gasteiger partial charge on any atom is 0.135 e. The SMILES string of the molecule is CC(C)c1cc(C(C)C)c(-c2cc(Oc3[c-]c4c(cc3)c3ccccc3n4-c3cc(C(C)(C)C)ccn3)[c-]c(N3C=CN(c4cc(-c5ccccc5)cc(-c5ccccc5)c4)[CH-]3)c2)c(C(C)C)c1.[Pt]. The Hall–Kier alpha value is -6.68. The van der Waals surface area contributed by atoms with Crippen molar-refractivity contribution in [2.75, 3.05) is 9.80 Å². The Kier molecular flexibility index (Phi) is 13.3. The van der Waals surface area contributed by atoms with Gasteiger partial charge in [-0.05, 0) is 127 Å². The molecule has 1 aliphatic rings. The molecule has 0 unspecified atom stereocenters. The molecule has 2 aromatic heterocycles. The van der Waals surface area contributed by atoms with E-state index in [-0.39, 0.29) is 26.5 Å². The standard InChI is InChI=1S/C63H59N4O.Pt/c1-41(2)46-35-57(42(3)4)62(58(36-46)43(5)6)49-33-52(66-29-28-65(40-66)51-31-47(44-18-12-10-13-19-44)30-48(32-51)45-20-14-11-15-21-45)38-54(34-49)68-53-24-25-56-55-22-16-17-23-59(55)67(60(56)39-53)61-37-50(26-27-64-61)63(7,8)9;/h10-37,40-43H,1-9H3;/q-3;. The molecule has 0 bridgehead atoms. The topological polar surface area (TPSA) is 33.5 Å². The summed E-state index contributed by atoms with van der Waals surface area (Å²) in [6.07, 6.45) is 6.15. The van der Waals surface area contributed by atoms with Gasteiger partial charge in [0, 0.05) is 50.0 Å². The Morgan fingerprint density at radius 2 is 1.17 bits per heavy atom. The molecule has 3 heterocycles. The van der Waals surface area contributed by atoms with Crippen LogP contribution in [0.25, 0.3) is 61.0 Å². The summed E-state index contributed by atoms with van der Waals surface area (Å²) in [6.45, 7) is 22.6. The molecule has 7 aromatic carbocycles. The number of benzene rings is 7. The zero-order valence-electron chi connectivity index (χ0n) is 41.0. The number of para-hydroxylation sites is 1. The number of rotatable bonds is 11. The van der Waals surface area contributed by atoms with E-state index in [4.69, 9.17) is 9.72 Å². The number of ether oxygens (including phenoxy) is 1. The van der Waals surface area contributed by atoms with Crippen molar-refractivity contribution in [3.63, 3.8) is 0 Å². The molecule has 0 saturated heterocycles. The zero-order valence-corrected chi connectivity index (χ0v) is 43.3. The Morgan fingerprint density at radius 1 is 0.551 bits per heavy atom. The predicted molar refractivity (Wildman–Crippen MR) is 285 cm³/mol. The summed E-state index contributed by atoms with van der Waals surface area (Å²) in [5.41, 5.74) is 16.1. The van der Waals surface area contributed by atoms with E-state index in [1.807, 2.05) is 12.3 Å². The third-order valence-corrected chi connectivity index (χ3v) is 13.2. The monoisotopic (exact) mass is 1080 g/mol. The van der Waals surface area contributed by atoms with Crippen LogP contribution in [0.3, 0.4) is 0 Å². The van der Waals surface area contributed by atoms with Crippen molar-refractivity contribution < 1.29 is 25.8 Å². The van der Waals surface area contributed by atoms with Gasteiger partial charge in [-0.25, -0.2) is 4.98 Å². The molecule has 0 saturated carbocycles. The number of anilines is 2. The van der Waals surface area contributed by atoms with Crippen LogP contribution in [-0.4, -0.2) is 9.55 Å². The van der Waals surface area contributed by atoms with Crippen LogP contribution in [0.15, 0.2) is 170 Å².